The van der Waals surface area contributed by atoms with Crippen LogP contribution in [0, 0.1) is 0 Å². The number of benzene rings is 1. The third-order valence-corrected chi connectivity index (χ3v) is 6.18. The number of nitrogens with zero attached hydrogens (tertiary/aromatic N) is 5. The quantitative estimate of drug-likeness (QED) is 0.469. The Bertz CT molecular complexity index is 1360. The van der Waals surface area contributed by atoms with Gasteiger partial charge in [0.25, 0.3) is 5.91 Å². The van der Waals surface area contributed by atoms with Crippen LogP contribution in [0.5, 0.6) is 5.75 Å². The summed E-state index contributed by atoms with van der Waals surface area (Å²) in [7, 11) is 1.62. The molecule has 176 valence electrons. The van der Waals surface area contributed by atoms with Crippen LogP contribution in [0.3, 0.4) is 0 Å². The van der Waals surface area contributed by atoms with Crippen molar-refractivity contribution in [3.63, 3.8) is 0 Å². The van der Waals surface area contributed by atoms with Crippen LogP contribution in [0.15, 0.2) is 41.1 Å². The largest absolute Gasteiger partial charge is 0.488 e. The minimum absolute atomic E-state index is 0.153. The van der Waals surface area contributed by atoms with Crippen LogP contribution in [0.4, 0.5) is 5.82 Å². The number of hydrogen-bond acceptors (Lipinski definition) is 7. The van der Waals surface area contributed by atoms with Gasteiger partial charge in [-0.3, -0.25) is 4.79 Å². The molecular weight excluding hydrogens is 432 g/mol. The highest BCUT2D eigenvalue weighted by Gasteiger charge is 2.26. The number of anilines is 1. The van der Waals surface area contributed by atoms with E-state index in [9.17, 15) is 4.79 Å². The molecule has 0 aliphatic carbocycles. The van der Waals surface area contributed by atoms with Crippen LogP contribution < -0.4 is 15.0 Å². The van der Waals surface area contributed by atoms with E-state index in [0.717, 1.165) is 52.6 Å². The van der Waals surface area contributed by atoms with Gasteiger partial charge in [0.05, 0.1) is 29.3 Å². The van der Waals surface area contributed by atoms with Gasteiger partial charge in [-0.1, -0.05) is 6.92 Å². The number of rotatable bonds is 6. The fraction of sp³-hybridized carbons (Fsp3) is 0.360. The van der Waals surface area contributed by atoms with Gasteiger partial charge in [-0.2, -0.15) is 0 Å². The SMILES string of the molecule is CCc1nc(Cn2c(-c3cnc4c(c3)OCC(C)N4CC)nc3cc(C(=O)NC)ccc32)co1. The molecule has 1 aliphatic rings. The zero-order valence-electron chi connectivity index (χ0n) is 19.8. The number of oxazole rings is 1. The predicted octanol–water partition coefficient (Wildman–Crippen LogP) is 3.66. The van der Waals surface area contributed by atoms with E-state index < -0.39 is 0 Å². The van der Waals surface area contributed by atoms with Crippen molar-refractivity contribution >= 4 is 22.8 Å². The number of ether oxygens (including phenoxy) is 1. The average molecular weight is 461 g/mol. The van der Waals surface area contributed by atoms with Crippen LogP contribution >= 0.6 is 0 Å². The number of imidazole rings is 1. The van der Waals surface area contributed by atoms with E-state index in [1.807, 2.05) is 25.3 Å². The van der Waals surface area contributed by atoms with E-state index in [1.54, 1.807) is 25.4 Å². The van der Waals surface area contributed by atoms with Crippen molar-refractivity contribution in [2.75, 3.05) is 25.1 Å². The van der Waals surface area contributed by atoms with E-state index in [1.165, 1.54) is 0 Å². The van der Waals surface area contributed by atoms with E-state index in [0.29, 0.717) is 24.6 Å². The molecule has 1 atom stereocenters. The van der Waals surface area contributed by atoms with E-state index in [2.05, 4.69) is 33.6 Å². The first-order valence-corrected chi connectivity index (χ1v) is 11.6. The lowest BCUT2D eigenvalue weighted by molar-refractivity contribution is 0.0963. The zero-order valence-corrected chi connectivity index (χ0v) is 19.8. The molecular formula is C25H28N6O3. The van der Waals surface area contributed by atoms with E-state index >= 15 is 0 Å². The van der Waals surface area contributed by atoms with Gasteiger partial charge >= 0.3 is 0 Å². The number of nitrogens with one attached hydrogen (secondary N) is 1. The maximum absolute atomic E-state index is 12.2. The number of aromatic nitrogens is 4. The van der Waals surface area contributed by atoms with Crippen molar-refractivity contribution in [3.05, 3.63) is 53.9 Å². The molecule has 0 saturated carbocycles. The first kappa shape index (κ1) is 21.9. The molecule has 0 bridgehead atoms. The molecule has 0 radical (unpaired) electrons. The standard InChI is InChI=1S/C25H28N6O3/c1-5-22-28-18(14-34-22)12-31-20-8-7-16(25(32)26-4)9-19(20)29-23(31)17-10-21-24(27-11-17)30(6-2)15(3)13-33-21/h7-11,14-15H,5-6,12-13H2,1-4H3,(H,26,32). The minimum Gasteiger partial charge on any atom is -0.488 e. The molecule has 5 rings (SSSR count). The molecule has 0 saturated heterocycles. The summed E-state index contributed by atoms with van der Waals surface area (Å²) in [5.74, 6) is 2.86. The second-order valence-electron chi connectivity index (χ2n) is 8.38. The van der Waals surface area contributed by atoms with Crippen molar-refractivity contribution < 1.29 is 13.9 Å². The van der Waals surface area contributed by atoms with Gasteiger partial charge in [-0.05, 0) is 38.1 Å². The Hall–Kier alpha value is -3.88. The lowest BCUT2D eigenvalue weighted by Gasteiger charge is -2.34. The Kier molecular flexibility index (Phi) is 5.69. The van der Waals surface area contributed by atoms with Gasteiger partial charge in [0.2, 0.25) is 0 Å². The fourth-order valence-corrected chi connectivity index (χ4v) is 4.39. The molecule has 34 heavy (non-hydrogen) atoms. The van der Waals surface area contributed by atoms with Crippen molar-refractivity contribution in [2.24, 2.45) is 0 Å². The summed E-state index contributed by atoms with van der Waals surface area (Å²) < 4.78 is 13.7. The van der Waals surface area contributed by atoms with Gasteiger partial charge in [0, 0.05) is 37.3 Å². The smallest absolute Gasteiger partial charge is 0.251 e. The molecule has 9 nitrogen and oxygen atoms in total. The van der Waals surface area contributed by atoms with Crippen LogP contribution in [-0.4, -0.2) is 51.7 Å². The number of pyridine rings is 1. The van der Waals surface area contributed by atoms with Crippen molar-refractivity contribution in [1.29, 1.82) is 0 Å². The minimum atomic E-state index is -0.153. The third-order valence-electron chi connectivity index (χ3n) is 6.18. The second-order valence-corrected chi connectivity index (χ2v) is 8.38. The molecule has 0 fully saturated rings. The average Bonchev–Trinajstić information content (AvgIpc) is 3.47. The van der Waals surface area contributed by atoms with Crippen molar-refractivity contribution in [1.82, 2.24) is 24.8 Å². The number of likely N-dealkylation sites (N-methyl/N-ethyl adjacent to an activating group) is 1. The fourth-order valence-electron chi connectivity index (χ4n) is 4.39. The van der Waals surface area contributed by atoms with Crippen LogP contribution in [0.1, 0.15) is 42.7 Å². The predicted molar refractivity (Wildman–Crippen MR) is 129 cm³/mol. The topological polar surface area (TPSA) is 98.3 Å². The molecule has 4 heterocycles. The summed E-state index contributed by atoms with van der Waals surface area (Å²) in [5.41, 5.74) is 3.81. The highest BCUT2D eigenvalue weighted by atomic mass is 16.5. The van der Waals surface area contributed by atoms with Crippen molar-refractivity contribution in [3.8, 4) is 17.1 Å². The molecule has 0 spiro atoms. The summed E-state index contributed by atoms with van der Waals surface area (Å²) in [5, 5.41) is 2.67. The van der Waals surface area contributed by atoms with Gasteiger partial charge in [0.1, 0.15) is 18.7 Å². The highest BCUT2D eigenvalue weighted by molar-refractivity contribution is 5.97. The van der Waals surface area contributed by atoms with E-state index in [-0.39, 0.29) is 11.9 Å². The summed E-state index contributed by atoms with van der Waals surface area (Å²) in [4.78, 5) is 28.7. The monoisotopic (exact) mass is 460 g/mol. The summed E-state index contributed by atoms with van der Waals surface area (Å²) in [6, 6.07) is 7.78. The number of carbonyl (C=O) groups excluding carboxylic acids is 1. The summed E-state index contributed by atoms with van der Waals surface area (Å²) in [6.45, 7) is 8.20. The molecule has 3 aromatic heterocycles. The van der Waals surface area contributed by atoms with Gasteiger partial charge in [0.15, 0.2) is 17.5 Å². The molecule has 1 unspecified atom stereocenters. The Morgan fingerprint density at radius 1 is 1.24 bits per heavy atom. The van der Waals surface area contributed by atoms with Gasteiger partial charge in [-0.15, -0.1) is 0 Å². The number of amides is 1. The first-order valence-electron chi connectivity index (χ1n) is 11.6. The molecule has 9 heteroatoms. The first-order chi connectivity index (χ1) is 16.5. The molecule has 1 aromatic carbocycles. The molecule has 1 aliphatic heterocycles. The Morgan fingerprint density at radius 2 is 2.09 bits per heavy atom. The Morgan fingerprint density at radius 3 is 2.82 bits per heavy atom. The lowest BCUT2D eigenvalue weighted by atomic mass is 10.2. The number of fused-ring (bicyclic) bond motifs is 2. The molecule has 4 aromatic rings. The molecule has 1 amide bonds. The number of hydrogen-bond donors (Lipinski definition) is 1. The maximum Gasteiger partial charge on any atom is 0.251 e. The van der Waals surface area contributed by atoms with Crippen LogP contribution in [0.25, 0.3) is 22.4 Å². The second kappa shape index (κ2) is 8.81. The Balaban J connectivity index is 1.63. The Labute approximate surface area is 197 Å². The van der Waals surface area contributed by atoms with E-state index in [4.69, 9.17) is 19.1 Å². The summed E-state index contributed by atoms with van der Waals surface area (Å²) >= 11 is 0. The molecule has 1 N–H and O–H groups in total. The van der Waals surface area contributed by atoms with Crippen LogP contribution in [0.2, 0.25) is 0 Å². The van der Waals surface area contributed by atoms with Crippen molar-refractivity contribution in [2.45, 2.75) is 39.8 Å². The van der Waals surface area contributed by atoms with Gasteiger partial charge in [-0.25, -0.2) is 15.0 Å². The highest BCUT2D eigenvalue weighted by Crippen LogP contribution is 2.36. The maximum atomic E-state index is 12.2. The normalized spacial score (nSPS) is 15.3. The summed E-state index contributed by atoms with van der Waals surface area (Å²) in [6.07, 6.45) is 4.24. The third kappa shape index (κ3) is 3.76. The van der Waals surface area contributed by atoms with Gasteiger partial charge < -0.3 is 23.9 Å². The lowest BCUT2D eigenvalue weighted by Crippen LogP contribution is -2.41. The zero-order chi connectivity index (χ0) is 23.8. The number of aryl methyl sites for hydroxylation is 1. The number of carbonyl (C=O) groups is 1. The van der Waals surface area contributed by atoms with Crippen LogP contribution in [-0.2, 0) is 13.0 Å².